The highest BCUT2D eigenvalue weighted by atomic mass is 16.7. The molecule has 23 heavy (non-hydrogen) atoms. The van der Waals surface area contributed by atoms with Crippen LogP contribution in [0.3, 0.4) is 0 Å². The molecule has 0 unspecified atom stereocenters. The maximum Gasteiger partial charge on any atom is 0.168 e. The molecule has 4 nitrogen and oxygen atoms in total. The van der Waals surface area contributed by atoms with Crippen molar-refractivity contribution >= 4 is 5.78 Å². The molecule has 0 atom stereocenters. The van der Waals surface area contributed by atoms with Crippen molar-refractivity contribution in [2.75, 3.05) is 14.2 Å². The van der Waals surface area contributed by atoms with E-state index in [9.17, 15) is 9.90 Å². The Hall–Kier alpha value is -1.39. The third-order valence-corrected chi connectivity index (χ3v) is 3.91. The standard InChI is InChI=1S/C19H30O4/c1-18(2,3)13-10-9-12(14(20)11-15(22-7)23-8)16(17(13)21)19(4,5)6/h9-10,15,21H,11H2,1-8H3. The second-order valence-corrected chi connectivity index (χ2v) is 7.91. The first-order chi connectivity index (χ1) is 10.4. The van der Waals surface area contributed by atoms with E-state index < -0.39 is 6.29 Å². The summed E-state index contributed by atoms with van der Waals surface area (Å²) in [6.45, 7) is 12.1. The maximum atomic E-state index is 12.7. The molecule has 1 rings (SSSR count). The van der Waals surface area contributed by atoms with Gasteiger partial charge in [0.2, 0.25) is 0 Å². The van der Waals surface area contributed by atoms with Crippen molar-refractivity contribution < 1.29 is 19.4 Å². The molecule has 0 aliphatic heterocycles. The number of Topliss-reactive ketones (excluding diaryl/α,β-unsaturated/α-hetero) is 1. The molecule has 0 aliphatic carbocycles. The van der Waals surface area contributed by atoms with E-state index in [1.165, 1.54) is 14.2 Å². The average molecular weight is 322 g/mol. The lowest BCUT2D eigenvalue weighted by Gasteiger charge is -2.29. The van der Waals surface area contributed by atoms with Crippen LogP contribution in [0.2, 0.25) is 0 Å². The Morgan fingerprint density at radius 1 is 1.04 bits per heavy atom. The van der Waals surface area contributed by atoms with E-state index >= 15 is 0 Å². The quantitative estimate of drug-likeness (QED) is 0.652. The van der Waals surface area contributed by atoms with Crippen LogP contribution in [0.4, 0.5) is 0 Å². The lowest BCUT2D eigenvalue weighted by atomic mass is 9.76. The summed E-state index contributed by atoms with van der Waals surface area (Å²) in [6.07, 6.45) is -0.468. The van der Waals surface area contributed by atoms with E-state index in [1.807, 2.05) is 53.7 Å². The lowest BCUT2D eigenvalue weighted by molar-refractivity contribution is -0.0993. The predicted molar refractivity (Wildman–Crippen MR) is 92.3 cm³/mol. The molecule has 0 spiro atoms. The van der Waals surface area contributed by atoms with Gasteiger partial charge in [-0.25, -0.2) is 0 Å². The molecule has 1 aromatic carbocycles. The molecule has 0 fully saturated rings. The number of rotatable bonds is 5. The number of ether oxygens (including phenoxy) is 2. The van der Waals surface area contributed by atoms with E-state index in [4.69, 9.17) is 9.47 Å². The van der Waals surface area contributed by atoms with E-state index in [2.05, 4.69) is 0 Å². The van der Waals surface area contributed by atoms with Gasteiger partial charge in [0.25, 0.3) is 0 Å². The van der Waals surface area contributed by atoms with Crippen LogP contribution < -0.4 is 0 Å². The molecule has 0 aliphatic rings. The molecule has 1 aromatic rings. The summed E-state index contributed by atoms with van der Waals surface area (Å²) < 4.78 is 10.2. The summed E-state index contributed by atoms with van der Waals surface area (Å²) in [4.78, 5) is 12.7. The molecule has 130 valence electrons. The van der Waals surface area contributed by atoms with Gasteiger partial charge in [-0.3, -0.25) is 4.79 Å². The van der Waals surface area contributed by atoms with Crippen molar-refractivity contribution in [2.45, 2.75) is 65.1 Å². The second-order valence-electron chi connectivity index (χ2n) is 7.91. The van der Waals surface area contributed by atoms with Crippen LogP contribution in [0, 0.1) is 0 Å². The maximum absolute atomic E-state index is 12.7. The van der Waals surface area contributed by atoms with Gasteiger partial charge in [-0.1, -0.05) is 53.7 Å². The molecule has 0 heterocycles. The number of aromatic hydroxyl groups is 1. The zero-order chi connectivity index (χ0) is 18.0. The number of phenols is 1. The van der Waals surface area contributed by atoms with Crippen LogP contribution in [-0.2, 0) is 20.3 Å². The first kappa shape index (κ1) is 19.7. The Kier molecular flexibility index (Phi) is 6.00. The molecule has 0 bridgehead atoms. The monoisotopic (exact) mass is 322 g/mol. The number of carbonyl (C=O) groups is 1. The van der Waals surface area contributed by atoms with Gasteiger partial charge >= 0.3 is 0 Å². The van der Waals surface area contributed by atoms with E-state index in [-0.39, 0.29) is 28.8 Å². The molecule has 0 radical (unpaired) electrons. The van der Waals surface area contributed by atoms with Gasteiger partial charge in [0, 0.05) is 25.3 Å². The van der Waals surface area contributed by atoms with Gasteiger partial charge in [0.15, 0.2) is 12.1 Å². The summed E-state index contributed by atoms with van der Waals surface area (Å²) in [5, 5.41) is 10.8. The van der Waals surface area contributed by atoms with Crippen LogP contribution in [0.1, 0.15) is 69.4 Å². The van der Waals surface area contributed by atoms with Gasteiger partial charge in [-0.15, -0.1) is 0 Å². The fourth-order valence-electron chi connectivity index (χ4n) is 2.71. The third-order valence-electron chi connectivity index (χ3n) is 3.91. The zero-order valence-corrected chi connectivity index (χ0v) is 15.6. The second kappa shape index (κ2) is 7.02. The number of phenolic OH excluding ortho intramolecular Hbond substituents is 1. The normalized spacial score (nSPS) is 12.7. The highest BCUT2D eigenvalue weighted by molar-refractivity contribution is 5.99. The van der Waals surface area contributed by atoms with Gasteiger partial charge in [0.05, 0.1) is 6.42 Å². The van der Waals surface area contributed by atoms with Gasteiger partial charge < -0.3 is 14.6 Å². The fraction of sp³-hybridized carbons (Fsp3) is 0.632. The zero-order valence-electron chi connectivity index (χ0n) is 15.6. The van der Waals surface area contributed by atoms with Crippen LogP contribution >= 0.6 is 0 Å². The number of ketones is 1. The molecule has 0 saturated carbocycles. The largest absolute Gasteiger partial charge is 0.507 e. The minimum absolute atomic E-state index is 0.0978. The molecule has 1 N–H and O–H groups in total. The average Bonchev–Trinajstić information content (AvgIpc) is 2.41. The van der Waals surface area contributed by atoms with Crippen molar-refractivity contribution in [1.82, 2.24) is 0 Å². The highest BCUT2D eigenvalue weighted by Gasteiger charge is 2.30. The number of carbonyl (C=O) groups excluding carboxylic acids is 1. The highest BCUT2D eigenvalue weighted by Crippen LogP contribution is 2.41. The van der Waals surface area contributed by atoms with Gasteiger partial charge in [-0.2, -0.15) is 0 Å². The summed E-state index contributed by atoms with van der Waals surface area (Å²) in [6, 6.07) is 3.65. The van der Waals surface area contributed by atoms with Gasteiger partial charge in [-0.05, 0) is 16.4 Å². The predicted octanol–water partition coefficient (Wildman–Crippen LogP) is 4.18. The number of hydrogen-bond acceptors (Lipinski definition) is 4. The molecular formula is C19H30O4. The molecule has 4 heteroatoms. The topological polar surface area (TPSA) is 55.8 Å². The number of methoxy groups -OCH3 is 2. The van der Waals surface area contributed by atoms with E-state index in [1.54, 1.807) is 0 Å². The first-order valence-corrected chi connectivity index (χ1v) is 7.89. The summed E-state index contributed by atoms with van der Waals surface area (Å²) >= 11 is 0. The van der Waals surface area contributed by atoms with E-state index in [0.717, 1.165) is 5.56 Å². The Morgan fingerprint density at radius 3 is 1.96 bits per heavy atom. The summed E-state index contributed by atoms with van der Waals surface area (Å²) in [7, 11) is 3.01. The molecular weight excluding hydrogens is 292 g/mol. The van der Waals surface area contributed by atoms with Crippen molar-refractivity contribution in [2.24, 2.45) is 0 Å². The summed E-state index contributed by atoms with van der Waals surface area (Å²) in [5.41, 5.74) is 1.50. The first-order valence-electron chi connectivity index (χ1n) is 7.89. The van der Waals surface area contributed by atoms with Crippen molar-refractivity contribution in [1.29, 1.82) is 0 Å². The van der Waals surface area contributed by atoms with Crippen LogP contribution in [0.5, 0.6) is 5.75 Å². The Morgan fingerprint density at radius 2 is 1.57 bits per heavy atom. The van der Waals surface area contributed by atoms with Gasteiger partial charge in [0.1, 0.15) is 5.75 Å². The SMILES string of the molecule is COC(CC(=O)c1ccc(C(C)(C)C)c(O)c1C(C)(C)C)OC. The van der Waals surface area contributed by atoms with E-state index in [0.29, 0.717) is 11.1 Å². The van der Waals surface area contributed by atoms with Crippen molar-refractivity contribution in [3.05, 3.63) is 28.8 Å². The number of hydrogen-bond donors (Lipinski definition) is 1. The Labute approximate surface area is 139 Å². The third kappa shape index (κ3) is 4.55. The summed E-state index contributed by atoms with van der Waals surface area (Å²) in [5.74, 6) is 0.113. The smallest absolute Gasteiger partial charge is 0.168 e. The van der Waals surface area contributed by atoms with Crippen LogP contribution in [-0.4, -0.2) is 31.4 Å². The molecule has 0 amide bonds. The molecule has 0 aromatic heterocycles. The Balaban J connectivity index is 3.44. The van der Waals surface area contributed by atoms with Crippen molar-refractivity contribution in [3.8, 4) is 5.75 Å². The minimum atomic E-state index is -0.584. The number of benzene rings is 1. The van der Waals surface area contributed by atoms with Crippen molar-refractivity contribution in [3.63, 3.8) is 0 Å². The van der Waals surface area contributed by atoms with Crippen LogP contribution in [0.15, 0.2) is 12.1 Å². The molecule has 0 saturated heterocycles. The minimum Gasteiger partial charge on any atom is -0.507 e. The van der Waals surface area contributed by atoms with Crippen LogP contribution in [0.25, 0.3) is 0 Å². The fourth-order valence-corrected chi connectivity index (χ4v) is 2.71. The Bertz CT molecular complexity index is 558. The lowest BCUT2D eigenvalue weighted by Crippen LogP contribution is -2.24.